The fourth-order valence-corrected chi connectivity index (χ4v) is 2.91. The highest BCUT2D eigenvalue weighted by Gasteiger charge is 2.26. The molecule has 0 bridgehead atoms. The number of rotatable bonds is 2. The van der Waals surface area contributed by atoms with Gasteiger partial charge >= 0.3 is 0 Å². The summed E-state index contributed by atoms with van der Waals surface area (Å²) in [6, 6.07) is 0. The van der Waals surface area contributed by atoms with Crippen LogP contribution in [-0.2, 0) is 7.05 Å². The van der Waals surface area contributed by atoms with Gasteiger partial charge < -0.3 is 9.77 Å². The maximum Gasteiger partial charge on any atom is 0.147 e. The minimum absolute atomic E-state index is 0.423. The minimum atomic E-state index is 0.423. The number of nitrogens with zero attached hydrogens (tertiary/aromatic N) is 3. The highest BCUT2D eigenvalue weighted by atomic mass is 35.5. The molecule has 1 fully saturated rings. The summed E-state index contributed by atoms with van der Waals surface area (Å²) in [6.07, 6.45) is 6.14. The van der Waals surface area contributed by atoms with Gasteiger partial charge in [-0.1, -0.05) is 16.8 Å². The molecule has 0 amide bonds. The van der Waals surface area contributed by atoms with E-state index in [1.54, 1.807) is 0 Å². The van der Waals surface area contributed by atoms with E-state index in [4.69, 9.17) is 16.8 Å². The molecule has 1 N–H and O–H groups in total. The topological polar surface area (TPSA) is 50.4 Å². The molecular weight excluding hydrogens is 238 g/mol. The molecule has 1 aromatic rings. The highest BCUT2D eigenvalue weighted by molar-refractivity contribution is 6.29. The molecular formula is C12H18ClN3O. The Balaban J connectivity index is 2.02. The van der Waals surface area contributed by atoms with Crippen LogP contribution in [0, 0.1) is 5.92 Å². The van der Waals surface area contributed by atoms with Crippen molar-refractivity contribution in [2.45, 2.75) is 38.5 Å². The summed E-state index contributed by atoms with van der Waals surface area (Å²) in [5.74, 6) is 1.98. The smallest absolute Gasteiger partial charge is 0.147 e. The number of aryl methyl sites for hydroxylation is 1. The molecule has 0 atom stereocenters. The fraction of sp³-hybridized carbons (Fsp3) is 0.667. The second-order valence-corrected chi connectivity index (χ2v) is 5.21. The number of hydrogen-bond acceptors (Lipinski definition) is 3. The second kappa shape index (κ2) is 5.08. The summed E-state index contributed by atoms with van der Waals surface area (Å²) in [7, 11) is 1.99. The Kier molecular flexibility index (Phi) is 3.72. The van der Waals surface area contributed by atoms with Gasteiger partial charge in [0, 0.05) is 25.1 Å². The molecule has 1 saturated carbocycles. The largest absolute Gasteiger partial charge is 0.411 e. The zero-order valence-electron chi connectivity index (χ0n) is 10.2. The average Bonchev–Trinajstić information content (AvgIpc) is 2.68. The Morgan fingerprint density at radius 3 is 2.59 bits per heavy atom. The van der Waals surface area contributed by atoms with Crippen LogP contribution in [0.25, 0.3) is 0 Å². The third-order valence-corrected chi connectivity index (χ3v) is 3.91. The Hall–Kier alpha value is -1.03. The lowest BCUT2D eigenvalue weighted by molar-refractivity contribution is 0.305. The number of imidazole rings is 1. The van der Waals surface area contributed by atoms with Gasteiger partial charge in [0.15, 0.2) is 0 Å². The number of aromatic nitrogens is 2. The van der Waals surface area contributed by atoms with E-state index in [1.807, 2.05) is 24.7 Å². The lowest BCUT2D eigenvalue weighted by Gasteiger charge is -2.27. The summed E-state index contributed by atoms with van der Waals surface area (Å²) in [4.78, 5) is 4.37. The summed E-state index contributed by atoms with van der Waals surface area (Å²) >= 11 is 5.90. The van der Waals surface area contributed by atoms with Crippen molar-refractivity contribution < 1.29 is 5.21 Å². The number of oxime groups is 1. The van der Waals surface area contributed by atoms with Crippen molar-refractivity contribution >= 4 is 17.3 Å². The average molecular weight is 256 g/mol. The lowest BCUT2D eigenvalue weighted by atomic mass is 9.80. The molecule has 1 heterocycles. The molecule has 0 aliphatic heterocycles. The predicted octanol–water partition coefficient (Wildman–Crippen LogP) is 3.20. The van der Waals surface area contributed by atoms with Gasteiger partial charge in [-0.25, -0.2) is 4.98 Å². The van der Waals surface area contributed by atoms with Gasteiger partial charge in [-0.05, 0) is 32.6 Å². The minimum Gasteiger partial charge on any atom is -0.411 e. The lowest BCUT2D eigenvalue weighted by Crippen LogP contribution is -2.20. The SMILES string of the molecule is CC(=NO)C1CCC(c2nc(Cl)cn2C)CC1. The van der Waals surface area contributed by atoms with Gasteiger partial charge in [0.25, 0.3) is 0 Å². The molecule has 17 heavy (non-hydrogen) atoms. The van der Waals surface area contributed by atoms with Crippen LogP contribution >= 0.6 is 11.6 Å². The Bertz CT molecular complexity index is 419. The van der Waals surface area contributed by atoms with Crippen LogP contribution in [0.4, 0.5) is 0 Å². The van der Waals surface area contributed by atoms with Gasteiger partial charge in [0.05, 0.1) is 5.71 Å². The van der Waals surface area contributed by atoms with Crippen LogP contribution in [0.3, 0.4) is 0 Å². The number of hydrogen-bond donors (Lipinski definition) is 1. The van der Waals surface area contributed by atoms with E-state index in [1.165, 1.54) is 0 Å². The van der Waals surface area contributed by atoms with Gasteiger partial charge in [0.2, 0.25) is 0 Å². The maximum absolute atomic E-state index is 8.77. The quantitative estimate of drug-likeness (QED) is 0.501. The Labute approximate surface area is 106 Å². The Morgan fingerprint density at radius 1 is 1.47 bits per heavy atom. The molecule has 5 heteroatoms. The molecule has 2 rings (SSSR count). The van der Waals surface area contributed by atoms with Crippen molar-refractivity contribution in [1.82, 2.24) is 9.55 Å². The van der Waals surface area contributed by atoms with Crippen LogP contribution < -0.4 is 0 Å². The van der Waals surface area contributed by atoms with Gasteiger partial charge in [-0.15, -0.1) is 0 Å². The maximum atomic E-state index is 8.77. The summed E-state index contributed by atoms with van der Waals surface area (Å²) in [5.41, 5.74) is 0.848. The second-order valence-electron chi connectivity index (χ2n) is 4.82. The summed E-state index contributed by atoms with van der Waals surface area (Å²) in [6.45, 7) is 1.89. The van der Waals surface area contributed by atoms with Crippen LogP contribution in [0.1, 0.15) is 44.3 Å². The predicted molar refractivity (Wildman–Crippen MR) is 67.8 cm³/mol. The van der Waals surface area contributed by atoms with Gasteiger partial charge in [-0.2, -0.15) is 0 Å². The molecule has 4 nitrogen and oxygen atoms in total. The molecule has 0 saturated heterocycles. The summed E-state index contributed by atoms with van der Waals surface area (Å²) < 4.78 is 2.01. The van der Waals surface area contributed by atoms with Gasteiger partial charge in [-0.3, -0.25) is 0 Å². The monoisotopic (exact) mass is 255 g/mol. The van der Waals surface area contributed by atoms with Crippen LogP contribution in [-0.4, -0.2) is 20.5 Å². The first-order valence-electron chi connectivity index (χ1n) is 5.99. The molecule has 0 unspecified atom stereocenters. The molecule has 1 aliphatic rings. The zero-order valence-corrected chi connectivity index (χ0v) is 11.0. The van der Waals surface area contributed by atoms with Crippen LogP contribution in [0.15, 0.2) is 11.4 Å². The fourth-order valence-electron chi connectivity index (χ4n) is 2.67. The van der Waals surface area contributed by atoms with E-state index in [2.05, 4.69) is 10.1 Å². The number of halogens is 1. The first kappa shape index (κ1) is 12.4. The molecule has 1 aromatic heterocycles. The van der Waals surface area contributed by atoms with E-state index < -0.39 is 0 Å². The molecule has 1 aliphatic carbocycles. The van der Waals surface area contributed by atoms with Crippen LogP contribution in [0.5, 0.6) is 0 Å². The molecule has 0 aromatic carbocycles. The van der Waals surface area contributed by atoms with E-state index in [0.29, 0.717) is 17.0 Å². The highest BCUT2D eigenvalue weighted by Crippen LogP contribution is 2.36. The first-order chi connectivity index (χ1) is 8.11. The van der Waals surface area contributed by atoms with Crippen molar-refractivity contribution in [2.24, 2.45) is 18.1 Å². The summed E-state index contributed by atoms with van der Waals surface area (Å²) in [5, 5.41) is 12.6. The third-order valence-electron chi connectivity index (χ3n) is 3.72. The van der Waals surface area contributed by atoms with E-state index in [0.717, 1.165) is 37.2 Å². The van der Waals surface area contributed by atoms with Gasteiger partial charge in [0.1, 0.15) is 11.0 Å². The van der Waals surface area contributed by atoms with E-state index in [-0.39, 0.29) is 0 Å². The van der Waals surface area contributed by atoms with Crippen molar-refractivity contribution in [3.05, 3.63) is 17.2 Å². The van der Waals surface area contributed by atoms with Crippen molar-refractivity contribution in [3.8, 4) is 0 Å². The molecule has 0 radical (unpaired) electrons. The zero-order chi connectivity index (χ0) is 12.4. The van der Waals surface area contributed by atoms with E-state index in [9.17, 15) is 0 Å². The van der Waals surface area contributed by atoms with Crippen molar-refractivity contribution in [3.63, 3.8) is 0 Å². The van der Waals surface area contributed by atoms with Crippen molar-refractivity contribution in [1.29, 1.82) is 0 Å². The Morgan fingerprint density at radius 2 is 2.12 bits per heavy atom. The van der Waals surface area contributed by atoms with E-state index >= 15 is 0 Å². The third kappa shape index (κ3) is 2.63. The molecule has 0 spiro atoms. The molecule has 94 valence electrons. The van der Waals surface area contributed by atoms with Crippen LogP contribution in [0.2, 0.25) is 5.15 Å². The normalized spacial score (nSPS) is 26.2. The van der Waals surface area contributed by atoms with Crippen molar-refractivity contribution in [2.75, 3.05) is 0 Å². The standard InChI is InChI=1S/C12H18ClN3O/c1-8(15-17)9-3-5-10(6-4-9)12-14-11(13)7-16(12)2/h7,9-10,17H,3-6H2,1-2H3. The first-order valence-corrected chi connectivity index (χ1v) is 6.37.